The molecule has 0 bridgehead atoms. The number of carbonyl (C=O) groups excluding carboxylic acids is 1. The summed E-state index contributed by atoms with van der Waals surface area (Å²) in [4.78, 5) is 10.6. The Labute approximate surface area is 74.9 Å². The zero-order valence-electron chi connectivity index (χ0n) is 8.21. The van der Waals surface area contributed by atoms with Gasteiger partial charge in [0, 0.05) is 5.92 Å². The molecule has 2 unspecified atom stereocenters. The average Bonchev–Trinajstić information content (AvgIpc) is 2.04. The van der Waals surface area contributed by atoms with Crippen LogP contribution in [0.15, 0.2) is 12.2 Å². The first-order valence-corrected chi connectivity index (χ1v) is 4.74. The second kappa shape index (κ2) is 3.42. The van der Waals surface area contributed by atoms with E-state index in [1.165, 1.54) is 6.42 Å². The minimum atomic E-state index is 0.169. The van der Waals surface area contributed by atoms with Gasteiger partial charge in [0.25, 0.3) is 0 Å². The molecule has 0 radical (unpaired) electrons. The van der Waals surface area contributed by atoms with Crippen LogP contribution in [0.1, 0.15) is 33.6 Å². The predicted octanol–water partition coefficient (Wildman–Crippen LogP) is 2.81. The Hall–Kier alpha value is -0.590. The van der Waals surface area contributed by atoms with Crippen molar-refractivity contribution in [3.8, 4) is 0 Å². The Balaban J connectivity index is 2.76. The molecular formula is C11H18O. The maximum atomic E-state index is 10.6. The van der Waals surface area contributed by atoms with Crippen molar-refractivity contribution < 1.29 is 4.79 Å². The van der Waals surface area contributed by atoms with Crippen molar-refractivity contribution in [2.75, 3.05) is 0 Å². The van der Waals surface area contributed by atoms with Gasteiger partial charge in [0.2, 0.25) is 0 Å². The molecular weight excluding hydrogens is 148 g/mol. The molecule has 1 aliphatic rings. The van der Waals surface area contributed by atoms with Crippen LogP contribution in [0.5, 0.6) is 0 Å². The third kappa shape index (κ3) is 1.77. The third-order valence-corrected chi connectivity index (χ3v) is 3.05. The summed E-state index contributed by atoms with van der Waals surface area (Å²) in [6, 6.07) is 0. The SMILES string of the molecule is CCC1CC(C=O)C=CC1(C)C. The van der Waals surface area contributed by atoms with Crippen molar-refractivity contribution in [1.29, 1.82) is 0 Å². The van der Waals surface area contributed by atoms with Gasteiger partial charge in [-0.15, -0.1) is 0 Å². The second-order valence-electron chi connectivity index (χ2n) is 4.32. The monoisotopic (exact) mass is 166 g/mol. The lowest BCUT2D eigenvalue weighted by Crippen LogP contribution is -2.27. The van der Waals surface area contributed by atoms with Crippen molar-refractivity contribution in [2.45, 2.75) is 33.6 Å². The van der Waals surface area contributed by atoms with E-state index in [2.05, 4.69) is 32.9 Å². The van der Waals surface area contributed by atoms with Crippen LogP contribution in [0.3, 0.4) is 0 Å². The van der Waals surface area contributed by atoms with Crippen LogP contribution in [-0.2, 0) is 4.79 Å². The summed E-state index contributed by atoms with van der Waals surface area (Å²) in [5, 5.41) is 0. The first kappa shape index (κ1) is 9.50. The van der Waals surface area contributed by atoms with Gasteiger partial charge in [0.15, 0.2) is 0 Å². The summed E-state index contributed by atoms with van der Waals surface area (Å²) < 4.78 is 0. The number of hydrogen-bond donors (Lipinski definition) is 0. The lowest BCUT2D eigenvalue weighted by atomic mass is 9.69. The molecule has 1 aliphatic carbocycles. The summed E-state index contributed by atoms with van der Waals surface area (Å²) in [5.41, 5.74) is 0.286. The highest BCUT2D eigenvalue weighted by Crippen LogP contribution is 2.39. The van der Waals surface area contributed by atoms with Crippen LogP contribution in [-0.4, -0.2) is 6.29 Å². The Bertz CT molecular complexity index is 191. The van der Waals surface area contributed by atoms with Crippen molar-refractivity contribution >= 4 is 6.29 Å². The first-order valence-electron chi connectivity index (χ1n) is 4.74. The maximum absolute atomic E-state index is 10.6. The van der Waals surface area contributed by atoms with E-state index in [0.29, 0.717) is 5.92 Å². The molecule has 1 heteroatoms. The smallest absolute Gasteiger partial charge is 0.126 e. The van der Waals surface area contributed by atoms with Crippen molar-refractivity contribution in [3.63, 3.8) is 0 Å². The predicted molar refractivity (Wildman–Crippen MR) is 50.9 cm³/mol. The summed E-state index contributed by atoms with van der Waals surface area (Å²) in [7, 11) is 0. The molecule has 0 spiro atoms. The third-order valence-electron chi connectivity index (χ3n) is 3.05. The van der Waals surface area contributed by atoms with Crippen molar-refractivity contribution in [3.05, 3.63) is 12.2 Å². The minimum Gasteiger partial charge on any atom is -0.303 e. The highest BCUT2D eigenvalue weighted by molar-refractivity contribution is 5.57. The van der Waals surface area contributed by atoms with Gasteiger partial charge in [-0.2, -0.15) is 0 Å². The van der Waals surface area contributed by atoms with Crippen molar-refractivity contribution in [2.24, 2.45) is 17.3 Å². The zero-order valence-corrected chi connectivity index (χ0v) is 8.21. The van der Waals surface area contributed by atoms with Crippen LogP contribution >= 0.6 is 0 Å². The zero-order chi connectivity index (χ0) is 9.19. The van der Waals surface area contributed by atoms with E-state index in [0.717, 1.165) is 12.7 Å². The molecule has 0 N–H and O–H groups in total. The van der Waals surface area contributed by atoms with Crippen LogP contribution in [0.4, 0.5) is 0 Å². The summed E-state index contributed by atoms with van der Waals surface area (Å²) >= 11 is 0. The van der Waals surface area contributed by atoms with Gasteiger partial charge in [0.1, 0.15) is 6.29 Å². The minimum absolute atomic E-state index is 0.169. The van der Waals surface area contributed by atoms with E-state index >= 15 is 0 Å². The van der Waals surface area contributed by atoms with Gasteiger partial charge >= 0.3 is 0 Å². The number of carbonyl (C=O) groups is 1. The molecule has 0 aromatic heterocycles. The highest BCUT2D eigenvalue weighted by atomic mass is 16.1. The maximum Gasteiger partial charge on any atom is 0.126 e. The standard InChI is InChI=1S/C11H18O/c1-4-10-7-9(8-12)5-6-11(10,2)3/h5-6,8-10H,4,7H2,1-3H3. The van der Waals surface area contributed by atoms with E-state index in [4.69, 9.17) is 0 Å². The number of allylic oxidation sites excluding steroid dienone is 2. The molecule has 0 aromatic carbocycles. The van der Waals surface area contributed by atoms with E-state index in [9.17, 15) is 4.79 Å². The molecule has 0 saturated heterocycles. The van der Waals surface area contributed by atoms with Gasteiger partial charge in [-0.25, -0.2) is 0 Å². The van der Waals surface area contributed by atoms with Crippen LogP contribution in [0, 0.1) is 17.3 Å². The summed E-state index contributed by atoms with van der Waals surface area (Å²) in [6.07, 6.45) is 7.52. The highest BCUT2D eigenvalue weighted by Gasteiger charge is 2.30. The summed E-state index contributed by atoms with van der Waals surface area (Å²) in [5.74, 6) is 0.834. The number of rotatable bonds is 2. The molecule has 0 amide bonds. The molecule has 1 nitrogen and oxygen atoms in total. The van der Waals surface area contributed by atoms with E-state index in [1.807, 2.05) is 0 Å². The molecule has 0 aromatic rings. The molecule has 1 rings (SSSR count). The van der Waals surface area contributed by atoms with Gasteiger partial charge < -0.3 is 4.79 Å². The fourth-order valence-corrected chi connectivity index (χ4v) is 2.01. The van der Waals surface area contributed by atoms with Gasteiger partial charge in [-0.05, 0) is 17.8 Å². The lowest BCUT2D eigenvalue weighted by molar-refractivity contribution is -0.110. The van der Waals surface area contributed by atoms with Crippen LogP contribution in [0.25, 0.3) is 0 Å². The van der Waals surface area contributed by atoms with Gasteiger partial charge in [-0.3, -0.25) is 0 Å². The van der Waals surface area contributed by atoms with Crippen LogP contribution in [0.2, 0.25) is 0 Å². The molecule has 0 aliphatic heterocycles. The molecule has 0 saturated carbocycles. The van der Waals surface area contributed by atoms with Crippen LogP contribution < -0.4 is 0 Å². The Morgan fingerprint density at radius 3 is 2.75 bits per heavy atom. The fourth-order valence-electron chi connectivity index (χ4n) is 2.01. The van der Waals surface area contributed by atoms with E-state index in [-0.39, 0.29) is 11.3 Å². The quantitative estimate of drug-likeness (QED) is 0.455. The van der Waals surface area contributed by atoms with E-state index < -0.39 is 0 Å². The molecule has 2 atom stereocenters. The fraction of sp³-hybridized carbons (Fsp3) is 0.727. The Morgan fingerprint density at radius 2 is 2.25 bits per heavy atom. The lowest BCUT2D eigenvalue weighted by Gasteiger charge is -2.35. The van der Waals surface area contributed by atoms with Crippen molar-refractivity contribution in [1.82, 2.24) is 0 Å². The number of hydrogen-bond acceptors (Lipinski definition) is 1. The molecule has 12 heavy (non-hydrogen) atoms. The van der Waals surface area contributed by atoms with Gasteiger partial charge in [-0.1, -0.05) is 39.3 Å². The topological polar surface area (TPSA) is 17.1 Å². The van der Waals surface area contributed by atoms with E-state index in [1.54, 1.807) is 0 Å². The first-order chi connectivity index (χ1) is 5.60. The second-order valence-corrected chi connectivity index (χ2v) is 4.32. The molecule has 68 valence electrons. The normalized spacial score (nSPS) is 33.2. The number of aldehydes is 1. The summed E-state index contributed by atoms with van der Waals surface area (Å²) in [6.45, 7) is 6.70. The molecule has 0 fully saturated rings. The molecule has 0 heterocycles. The average molecular weight is 166 g/mol. The Kier molecular flexibility index (Phi) is 2.71. The van der Waals surface area contributed by atoms with Gasteiger partial charge in [0.05, 0.1) is 0 Å². The largest absolute Gasteiger partial charge is 0.303 e. The Morgan fingerprint density at radius 1 is 1.58 bits per heavy atom.